The van der Waals surface area contributed by atoms with Crippen molar-refractivity contribution in [1.82, 2.24) is 0 Å². The first kappa shape index (κ1) is 18.6. The molecule has 0 saturated heterocycles. The van der Waals surface area contributed by atoms with Crippen molar-refractivity contribution in [3.05, 3.63) is 100 Å². The maximum Gasteiger partial charge on any atom is 0.343 e. The third kappa shape index (κ3) is 3.65. The lowest BCUT2D eigenvalue weighted by molar-refractivity contribution is 0.0734. The minimum atomic E-state index is -0.740. The number of rotatable bonds is 3. The van der Waals surface area contributed by atoms with Gasteiger partial charge in [0.1, 0.15) is 23.1 Å². The number of fused-ring (bicyclic) bond motifs is 1. The average molecular weight is 392 g/mol. The summed E-state index contributed by atoms with van der Waals surface area (Å²) in [5, 5.41) is 0. The van der Waals surface area contributed by atoms with Crippen LogP contribution in [0.3, 0.4) is 0 Å². The van der Waals surface area contributed by atoms with E-state index in [-0.39, 0.29) is 34.2 Å². The SMILES string of the molecule is Cc1cc(OC(=O)c2cccc(F)c2)cc2c1C(=O)/C(=C/c1ccccc1F)O2. The fourth-order valence-corrected chi connectivity index (χ4v) is 3.05. The number of ketones is 1. The summed E-state index contributed by atoms with van der Waals surface area (Å²) >= 11 is 0. The van der Waals surface area contributed by atoms with Gasteiger partial charge in [0.05, 0.1) is 11.1 Å². The number of carbonyl (C=O) groups excluding carboxylic acids is 2. The second-order valence-corrected chi connectivity index (χ2v) is 6.47. The van der Waals surface area contributed by atoms with Gasteiger partial charge in [0, 0.05) is 11.6 Å². The molecule has 144 valence electrons. The van der Waals surface area contributed by atoms with Gasteiger partial charge >= 0.3 is 5.97 Å². The highest BCUT2D eigenvalue weighted by molar-refractivity contribution is 6.15. The van der Waals surface area contributed by atoms with Gasteiger partial charge in [-0.15, -0.1) is 0 Å². The first-order valence-electron chi connectivity index (χ1n) is 8.73. The molecule has 0 spiro atoms. The Bertz CT molecular complexity index is 1180. The standard InChI is InChI=1S/C23H14F2O4/c1-13-9-17(28-23(27)15-6-4-7-16(24)10-15)12-19-21(13)22(26)20(29-19)11-14-5-2-3-8-18(14)25/h2-12H,1H3/b20-11-. The van der Waals surface area contributed by atoms with Crippen LogP contribution in [0.4, 0.5) is 8.78 Å². The van der Waals surface area contributed by atoms with Gasteiger partial charge in [0.25, 0.3) is 0 Å². The maximum atomic E-state index is 13.9. The van der Waals surface area contributed by atoms with Gasteiger partial charge in [0.15, 0.2) is 5.76 Å². The van der Waals surface area contributed by atoms with E-state index in [0.717, 1.165) is 6.07 Å². The Labute approximate surface area is 165 Å². The smallest absolute Gasteiger partial charge is 0.343 e. The monoisotopic (exact) mass is 392 g/mol. The molecule has 0 radical (unpaired) electrons. The van der Waals surface area contributed by atoms with Gasteiger partial charge < -0.3 is 9.47 Å². The molecule has 1 aliphatic rings. The van der Waals surface area contributed by atoms with Gasteiger partial charge in [-0.05, 0) is 48.9 Å². The summed E-state index contributed by atoms with van der Waals surface area (Å²) in [6.07, 6.45) is 1.33. The number of halogens is 2. The summed E-state index contributed by atoms with van der Waals surface area (Å²) < 4.78 is 38.1. The van der Waals surface area contributed by atoms with E-state index in [1.54, 1.807) is 19.1 Å². The van der Waals surface area contributed by atoms with Gasteiger partial charge in [-0.2, -0.15) is 0 Å². The van der Waals surface area contributed by atoms with Crippen LogP contribution in [0.1, 0.15) is 31.8 Å². The Hall–Kier alpha value is -3.80. The fraction of sp³-hybridized carbons (Fsp3) is 0.0435. The zero-order valence-electron chi connectivity index (χ0n) is 15.2. The normalized spacial score (nSPS) is 13.9. The van der Waals surface area contributed by atoms with E-state index in [4.69, 9.17) is 9.47 Å². The molecule has 0 aromatic heterocycles. The van der Waals surface area contributed by atoms with Crippen LogP contribution < -0.4 is 9.47 Å². The van der Waals surface area contributed by atoms with Gasteiger partial charge in [-0.1, -0.05) is 24.3 Å². The lowest BCUT2D eigenvalue weighted by Gasteiger charge is -2.08. The molecule has 0 unspecified atom stereocenters. The molecule has 1 heterocycles. The van der Waals surface area contributed by atoms with E-state index >= 15 is 0 Å². The van der Waals surface area contributed by atoms with Crippen molar-refractivity contribution < 1.29 is 27.8 Å². The number of ether oxygens (including phenoxy) is 2. The molecule has 29 heavy (non-hydrogen) atoms. The number of hydrogen-bond acceptors (Lipinski definition) is 4. The number of aryl methyl sites for hydroxylation is 1. The molecule has 0 fully saturated rings. The van der Waals surface area contributed by atoms with Crippen molar-refractivity contribution in [2.24, 2.45) is 0 Å². The van der Waals surface area contributed by atoms with Crippen LogP contribution >= 0.6 is 0 Å². The Kier molecular flexibility index (Phi) is 4.68. The first-order chi connectivity index (χ1) is 13.9. The second kappa shape index (κ2) is 7.31. The molecule has 4 rings (SSSR count). The topological polar surface area (TPSA) is 52.6 Å². The van der Waals surface area contributed by atoms with E-state index in [1.807, 2.05) is 0 Å². The van der Waals surface area contributed by atoms with E-state index in [9.17, 15) is 18.4 Å². The number of esters is 1. The summed E-state index contributed by atoms with van der Waals surface area (Å²) in [4.78, 5) is 24.9. The zero-order chi connectivity index (χ0) is 20.5. The molecular formula is C23H14F2O4. The summed E-state index contributed by atoms with van der Waals surface area (Å²) in [5.41, 5.74) is 1.13. The van der Waals surface area contributed by atoms with Crippen LogP contribution in [-0.2, 0) is 0 Å². The maximum absolute atomic E-state index is 13.9. The minimum absolute atomic E-state index is 0.0261. The highest BCUT2D eigenvalue weighted by atomic mass is 19.1. The molecule has 4 nitrogen and oxygen atoms in total. The quantitative estimate of drug-likeness (QED) is 0.353. The van der Waals surface area contributed by atoms with Crippen molar-refractivity contribution in [2.75, 3.05) is 0 Å². The van der Waals surface area contributed by atoms with Crippen LogP contribution in [0.15, 0.2) is 66.4 Å². The van der Waals surface area contributed by atoms with Crippen LogP contribution in [0.2, 0.25) is 0 Å². The summed E-state index contributed by atoms with van der Waals surface area (Å²) in [7, 11) is 0. The lowest BCUT2D eigenvalue weighted by Crippen LogP contribution is -2.09. The molecule has 0 atom stereocenters. The number of Topliss-reactive ketones (excluding diaryl/α,β-unsaturated/α-hetero) is 1. The summed E-state index contributed by atoms with van der Waals surface area (Å²) in [6.45, 7) is 1.67. The molecule has 0 amide bonds. The lowest BCUT2D eigenvalue weighted by atomic mass is 10.0. The Balaban J connectivity index is 1.63. The zero-order valence-corrected chi connectivity index (χ0v) is 15.2. The van der Waals surface area contributed by atoms with E-state index in [1.165, 1.54) is 48.5 Å². The minimum Gasteiger partial charge on any atom is -0.452 e. The number of hydrogen-bond donors (Lipinski definition) is 0. The van der Waals surface area contributed by atoms with Crippen molar-refractivity contribution in [1.29, 1.82) is 0 Å². The van der Waals surface area contributed by atoms with E-state index in [2.05, 4.69) is 0 Å². The van der Waals surface area contributed by atoms with Crippen molar-refractivity contribution in [3.63, 3.8) is 0 Å². The van der Waals surface area contributed by atoms with Crippen LogP contribution in [0, 0.1) is 18.6 Å². The molecule has 3 aromatic carbocycles. The van der Waals surface area contributed by atoms with Gasteiger partial charge in [-0.3, -0.25) is 4.79 Å². The summed E-state index contributed by atoms with van der Waals surface area (Å²) in [6, 6.07) is 14.1. The van der Waals surface area contributed by atoms with Crippen molar-refractivity contribution >= 4 is 17.8 Å². The van der Waals surface area contributed by atoms with E-state index in [0.29, 0.717) is 11.1 Å². The molecular weight excluding hydrogens is 378 g/mol. The fourth-order valence-electron chi connectivity index (χ4n) is 3.05. The molecule has 0 N–H and O–H groups in total. The largest absolute Gasteiger partial charge is 0.452 e. The van der Waals surface area contributed by atoms with Gasteiger partial charge in [-0.25, -0.2) is 13.6 Å². The van der Waals surface area contributed by atoms with Crippen LogP contribution in [0.25, 0.3) is 6.08 Å². The highest BCUT2D eigenvalue weighted by Crippen LogP contribution is 2.37. The number of carbonyl (C=O) groups is 2. The molecule has 0 saturated carbocycles. The van der Waals surface area contributed by atoms with Crippen LogP contribution in [-0.4, -0.2) is 11.8 Å². The second-order valence-electron chi connectivity index (χ2n) is 6.47. The van der Waals surface area contributed by atoms with Gasteiger partial charge in [0.2, 0.25) is 5.78 Å². The first-order valence-corrected chi connectivity index (χ1v) is 8.73. The molecule has 0 bridgehead atoms. The third-order valence-corrected chi connectivity index (χ3v) is 4.41. The predicted molar refractivity (Wildman–Crippen MR) is 102 cm³/mol. The Morgan fingerprint density at radius 2 is 1.83 bits per heavy atom. The van der Waals surface area contributed by atoms with Crippen molar-refractivity contribution in [2.45, 2.75) is 6.92 Å². The summed E-state index contributed by atoms with van der Waals surface area (Å²) in [5.74, 6) is -1.83. The van der Waals surface area contributed by atoms with Crippen molar-refractivity contribution in [3.8, 4) is 11.5 Å². The highest BCUT2D eigenvalue weighted by Gasteiger charge is 2.30. The Morgan fingerprint density at radius 1 is 1.03 bits per heavy atom. The predicted octanol–water partition coefficient (Wildman–Crippen LogP) is 5.11. The third-order valence-electron chi connectivity index (χ3n) is 4.41. The molecule has 0 aliphatic carbocycles. The Morgan fingerprint density at radius 3 is 2.59 bits per heavy atom. The molecule has 1 aliphatic heterocycles. The average Bonchev–Trinajstić information content (AvgIpc) is 2.99. The van der Waals surface area contributed by atoms with Crippen LogP contribution in [0.5, 0.6) is 11.5 Å². The number of benzene rings is 3. The molecule has 3 aromatic rings. The van der Waals surface area contributed by atoms with E-state index < -0.39 is 17.6 Å². The molecule has 6 heteroatoms. The number of allylic oxidation sites excluding steroid dienone is 1.